The Bertz CT molecular complexity index is 1020. The second-order valence-corrected chi connectivity index (χ2v) is 6.78. The summed E-state index contributed by atoms with van der Waals surface area (Å²) in [6.45, 7) is 0.249. The first kappa shape index (κ1) is 22.1. The van der Waals surface area contributed by atoms with E-state index in [4.69, 9.17) is 15.9 Å². The van der Waals surface area contributed by atoms with Gasteiger partial charge in [0.25, 0.3) is 6.43 Å². The Kier molecular flexibility index (Phi) is 6.73. The van der Waals surface area contributed by atoms with Crippen LogP contribution in [0.15, 0.2) is 35.6 Å². The van der Waals surface area contributed by atoms with Crippen molar-refractivity contribution in [2.45, 2.75) is 19.5 Å². The van der Waals surface area contributed by atoms with E-state index in [0.717, 1.165) is 0 Å². The molecule has 1 aliphatic heterocycles. The fourth-order valence-electron chi connectivity index (χ4n) is 3.06. The van der Waals surface area contributed by atoms with E-state index in [1.165, 1.54) is 37.6 Å². The largest absolute Gasteiger partial charge is 0.460 e. The summed E-state index contributed by atoms with van der Waals surface area (Å²) in [5.74, 6) is -1.75. The number of hydrogen-bond donors (Lipinski definition) is 2. The first-order valence-corrected chi connectivity index (χ1v) is 9.18. The van der Waals surface area contributed by atoms with Gasteiger partial charge in [-0.15, -0.1) is 0 Å². The van der Waals surface area contributed by atoms with Crippen molar-refractivity contribution in [3.05, 3.63) is 47.4 Å². The van der Waals surface area contributed by atoms with Crippen LogP contribution in [0.2, 0.25) is 0 Å². The number of alkyl halides is 2. The zero-order valence-electron chi connectivity index (χ0n) is 16.6. The average molecular weight is 435 g/mol. The number of halogens is 3. The first-order chi connectivity index (χ1) is 14.8. The molecule has 31 heavy (non-hydrogen) atoms. The SMILES string of the molecule is CON=C1CN(c2ncc(-c3cccc(COC(=O)CC(=N)N)c3F)cc2C(F)F)C1. The highest BCUT2D eigenvalue weighted by Crippen LogP contribution is 2.34. The van der Waals surface area contributed by atoms with Gasteiger partial charge < -0.3 is 20.2 Å². The van der Waals surface area contributed by atoms with Gasteiger partial charge in [-0.2, -0.15) is 0 Å². The highest BCUT2D eigenvalue weighted by Gasteiger charge is 2.29. The van der Waals surface area contributed by atoms with Gasteiger partial charge in [-0.1, -0.05) is 23.4 Å². The summed E-state index contributed by atoms with van der Waals surface area (Å²) >= 11 is 0. The quantitative estimate of drug-likeness (QED) is 0.285. The third kappa shape index (κ3) is 5.11. The maximum atomic E-state index is 15.0. The molecule has 0 spiro atoms. The van der Waals surface area contributed by atoms with Crippen molar-refractivity contribution >= 4 is 23.3 Å². The Hall–Kier alpha value is -3.63. The van der Waals surface area contributed by atoms with Gasteiger partial charge in [-0.25, -0.2) is 18.2 Å². The molecule has 2 aromatic rings. The zero-order valence-corrected chi connectivity index (χ0v) is 16.6. The van der Waals surface area contributed by atoms with Crippen LogP contribution < -0.4 is 10.6 Å². The van der Waals surface area contributed by atoms with Crippen molar-refractivity contribution in [3.8, 4) is 11.1 Å². The second kappa shape index (κ2) is 9.45. The van der Waals surface area contributed by atoms with Gasteiger partial charge in [0.1, 0.15) is 37.6 Å². The fourth-order valence-corrected chi connectivity index (χ4v) is 3.06. The third-order valence-corrected chi connectivity index (χ3v) is 4.51. The van der Waals surface area contributed by atoms with Crippen LogP contribution in [-0.4, -0.2) is 42.7 Å². The van der Waals surface area contributed by atoms with Crippen molar-refractivity contribution in [3.63, 3.8) is 0 Å². The number of nitrogens with one attached hydrogen (secondary N) is 1. The standard InChI is InChI=1S/C20H20F3N5O3/c1-30-27-13-8-28(9-13)20-15(19(22)23)5-12(7-26-20)14-4-2-3-11(18(14)21)10-31-17(29)6-16(24)25/h2-5,7,19H,6,8-10H2,1H3,(H3,24,25). The molecule has 0 radical (unpaired) electrons. The summed E-state index contributed by atoms with van der Waals surface area (Å²) in [6.07, 6.45) is -1.90. The molecule has 8 nitrogen and oxygen atoms in total. The molecule has 1 fully saturated rings. The minimum absolute atomic E-state index is 0.0475. The average Bonchev–Trinajstić information content (AvgIpc) is 2.69. The lowest BCUT2D eigenvalue weighted by molar-refractivity contribution is -0.143. The molecule has 0 atom stereocenters. The number of aromatic nitrogens is 1. The number of ether oxygens (including phenoxy) is 1. The maximum absolute atomic E-state index is 15.0. The number of esters is 1. The Morgan fingerprint density at radius 2 is 2.13 bits per heavy atom. The van der Waals surface area contributed by atoms with E-state index in [9.17, 15) is 18.0 Å². The van der Waals surface area contributed by atoms with Crippen molar-refractivity contribution in [1.29, 1.82) is 5.41 Å². The molecule has 3 N–H and O–H groups in total. The first-order valence-electron chi connectivity index (χ1n) is 9.18. The number of rotatable bonds is 8. The molecule has 11 heteroatoms. The predicted octanol–water partition coefficient (Wildman–Crippen LogP) is 3.02. The van der Waals surface area contributed by atoms with Crippen LogP contribution in [0.1, 0.15) is 24.0 Å². The molecule has 3 rings (SSSR count). The van der Waals surface area contributed by atoms with Crippen LogP contribution in [0.4, 0.5) is 19.0 Å². The Labute approximate surface area is 176 Å². The van der Waals surface area contributed by atoms with Crippen LogP contribution in [0.3, 0.4) is 0 Å². The normalized spacial score (nSPS) is 13.1. The van der Waals surface area contributed by atoms with E-state index in [1.807, 2.05) is 0 Å². The van der Waals surface area contributed by atoms with Crippen LogP contribution in [0.25, 0.3) is 11.1 Å². The van der Waals surface area contributed by atoms with Gasteiger partial charge in [-0.3, -0.25) is 10.2 Å². The topological polar surface area (TPSA) is 114 Å². The molecule has 1 aromatic carbocycles. The molecule has 0 unspecified atom stereocenters. The summed E-state index contributed by atoms with van der Waals surface area (Å²) in [4.78, 5) is 21.9. The van der Waals surface area contributed by atoms with Crippen LogP contribution in [0.5, 0.6) is 0 Å². The number of hydrogen-bond acceptors (Lipinski definition) is 7. The van der Waals surface area contributed by atoms with Crippen molar-refractivity contribution in [2.24, 2.45) is 10.9 Å². The summed E-state index contributed by atoms with van der Waals surface area (Å²) < 4.78 is 47.2. The minimum Gasteiger partial charge on any atom is -0.460 e. The van der Waals surface area contributed by atoms with E-state index >= 15 is 0 Å². The van der Waals surface area contributed by atoms with E-state index in [0.29, 0.717) is 18.8 Å². The lowest BCUT2D eigenvalue weighted by Crippen LogP contribution is -2.48. The molecule has 0 saturated carbocycles. The van der Waals surface area contributed by atoms with Crippen LogP contribution >= 0.6 is 0 Å². The number of amidine groups is 1. The molecule has 1 aliphatic rings. The Morgan fingerprint density at radius 3 is 2.77 bits per heavy atom. The summed E-state index contributed by atoms with van der Waals surface area (Å²) in [7, 11) is 1.40. The molecular weight excluding hydrogens is 415 g/mol. The maximum Gasteiger partial charge on any atom is 0.313 e. The van der Waals surface area contributed by atoms with Gasteiger partial charge in [0.2, 0.25) is 0 Å². The van der Waals surface area contributed by atoms with Crippen molar-refractivity contribution < 1.29 is 27.5 Å². The number of pyridine rings is 1. The van der Waals surface area contributed by atoms with Gasteiger partial charge in [0.05, 0.1) is 24.4 Å². The number of carbonyl (C=O) groups is 1. The van der Waals surface area contributed by atoms with Crippen LogP contribution in [0, 0.1) is 11.2 Å². The number of carbonyl (C=O) groups excluding carboxylic acids is 1. The summed E-state index contributed by atoms with van der Waals surface area (Å²) in [5, 5.41) is 10.8. The Morgan fingerprint density at radius 1 is 1.39 bits per heavy atom. The number of nitrogens with zero attached hydrogens (tertiary/aromatic N) is 3. The molecule has 2 heterocycles. The minimum atomic E-state index is -2.82. The number of nitrogens with two attached hydrogens (primary N) is 1. The lowest BCUT2D eigenvalue weighted by Gasteiger charge is -2.34. The molecule has 0 aliphatic carbocycles. The number of benzene rings is 1. The fraction of sp³-hybridized carbons (Fsp3) is 0.300. The molecule has 164 valence electrons. The van der Waals surface area contributed by atoms with E-state index in [-0.39, 0.29) is 40.5 Å². The molecular formula is C20H20F3N5O3. The number of anilines is 1. The molecule has 1 aromatic heterocycles. The van der Waals surface area contributed by atoms with E-state index < -0.39 is 24.6 Å². The van der Waals surface area contributed by atoms with E-state index in [2.05, 4.69) is 15.0 Å². The lowest BCUT2D eigenvalue weighted by atomic mass is 10.0. The van der Waals surface area contributed by atoms with Gasteiger partial charge in [-0.05, 0) is 6.07 Å². The third-order valence-electron chi connectivity index (χ3n) is 4.51. The number of oxime groups is 1. The van der Waals surface area contributed by atoms with Gasteiger partial charge in [0.15, 0.2) is 0 Å². The van der Waals surface area contributed by atoms with E-state index in [1.54, 1.807) is 4.90 Å². The van der Waals surface area contributed by atoms with Crippen LogP contribution in [-0.2, 0) is 21.0 Å². The highest BCUT2D eigenvalue weighted by atomic mass is 19.3. The molecule has 0 amide bonds. The summed E-state index contributed by atoms with van der Waals surface area (Å²) in [5.41, 5.74) is 5.77. The monoisotopic (exact) mass is 435 g/mol. The summed E-state index contributed by atoms with van der Waals surface area (Å²) in [6, 6.07) is 5.55. The Balaban J connectivity index is 1.84. The molecule has 1 saturated heterocycles. The van der Waals surface area contributed by atoms with Crippen molar-refractivity contribution in [2.75, 3.05) is 25.1 Å². The predicted molar refractivity (Wildman–Crippen MR) is 108 cm³/mol. The van der Waals surface area contributed by atoms with Crippen molar-refractivity contribution in [1.82, 2.24) is 4.98 Å². The zero-order chi connectivity index (χ0) is 22.5. The van der Waals surface area contributed by atoms with Gasteiger partial charge >= 0.3 is 5.97 Å². The smallest absolute Gasteiger partial charge is 0.313 e. The second-order valence-electron chi connectivity index (χ2n) is 6.78. The molecule has 0 bridgehead atoms. The van der Waals surface area contributed by atoms with Gasteiger partial charge in [0, 0.05) is 22.9 Å². The highest BCUT2D eigenvalue weighted by molar-refractivity contribution is 5.99.